The first kappa shape index (κ1) is 17.9. The van der Waals surface area contributed by atoms with Crippen molar-refractivity contribution in [2.45, 2.75) is 13.5 Å². The topological polar surface area (TPSA) is 37.3 Å². The number of fused-ring (bicyclic) bond motifs is 1. The molecule has 4 rings (SSSR count). The van der Waals surface area contributed by atoms with E-state index in [1.807, 2.05) is 37.3 Å². The fraction of sp³-hybridized carbons (Fsp3) is 0.143. The van der Waals surface area contributed by atoms with Gasteiger partial charge in [-0.2, -0.15) is 0 Å². The number of rotatable bonds is 4. The van der Waals surface area contributed by atoms with E-state index < -0.39 is 0 Å². The van der Waals surface area contributed by atoms with Gasteiger partial charge in [0.15, 0.2) is 5.11 Å². The minimum absolute atomic E-state index is 0.0820. The summed E-state index contributed by atoms with van der Waals surface area (Å²) >= 11 is 8.82. The molecule has 2 heterocycles. The largest absolute Gasteiger partial charge is 0.342 e. The zero-order valence-corrected chi connectivity index (χ0v) is 17.2. The van der Waals surface area contributed by atoms with Crippen LogP contribution in [0.25, 0.3) is 17.0 Å². The maximum absolute atomic E-state index is 12.5. The number of aromatic nitrogens is 1. The van der Waals surface area contributed by atoms with Crippen LogP contribution in [0.5, 0.6) is 0 Å². The molecule has 0 atom stereocenters. The second kappa shape index (κ2) is 7.29. The van der Waals surface area contributed by atoms with Crippen LogP contribution < -0.4 is 5.32 Å². The van der Waals surface area contributed by atoms with Gasteiger partial charge in [-0.05, 0) is 49.0 Å². The van der Waals surface area contributed by atoms with Crippen LogP contribution in [0.1, 0.15) is 18.1 Å². The van der Waals surface area contributed by atoms with Gasteiger partial charge in [-0.1, -0.05) is 46.3 Å². The zero-order chi connectivity index (χ0) is 19.0. The van der Waals surface area contributed by atoms with Gasteiger partial charge in [-0.15, -0.1) is 0 Å². The van der Waals surface area contributed by atoms with Crippen molar-refractivity contribution in [1.29, 1.82) is 0 Å². The molecule has 0 radical (unpaired) electrons. The maximum atomic E-state index is 12.5. The van der Waals surface area contributed by atoms with Gasteiger partial charge < -0.3 is 9.88 Å². The van der Waals surface area contributed by atoms with Gasteiger partial charge in [0.1, 0.15) is 5.70 Å². The van der Waals surface area contributed by atoms with Crippen molar-refractivity contribution < 1.29 is 4.79 Å². The summed E-state index contributed by atoms with van der Waals surface area (Å²) in [6.45, 7) is 3.24. The lowest BCUT2D eigenvalue weighted by Crippen LogP contribution is -2.30. The first-order valence-corrected chi connectivity index (χ1v) is 9.94. The SMILES string of the molecule is CCN1C(=O)/C(=C/c2cn(Cc3ccccc3)c3ccc(Br)cc23)NC1=S. The molecular weight excluding hydrogens is 422 g/mol. The minimum Gasteiger partial charge on any atom is -0.342 e. The molecule has 27 heavy (non-hydrogen) atoms. The Balaban J connectivity index is 1.79. The number of thiocarbonyl (C=S) groups is 1. The number of amides is 1. The van der Waals surface area contributed by atoms with Crippen molar-refractivity contribution in [3.63, 3.8) is 0 Å². The molecule has 136 valence electrons. The van der Waals surface area contributed by atoms with E-state index in [-0.39, 0.29) is 5.91 Å². The van der Waals surface area contributed by atoms with Crippen LogP contribution in [0.15, 0.2) is 64.9 Å². The minimum atomic E-state index is -0.0820. The molecule has 2 aromatic carbocycles. The second-order valence-corrected chi connectivity index (χ2v) is 7.70. The van der Waals surface area contributed by atoms with Crippen molar-refractivity contribution in [1.82, 2.24) is 14.8 Å². The van der Waals surface area contributed by atoms with Crippen LogP contribution in [0.2, 0.25) is 0 Å². The molecule has 1 N–H and O–H groups in total. The summed E-state index contributed by atoms with van der Waals surface area (Å²) in [5, 5.41) is 4.59. The van der Waals surface area contributed by atoms with Crippen LogP contribution in [-0.2, 0) is 11.3 Å². The Morgan fingerprint density at radius 2 is 1.96 bits per heavy atom. The van der Waals surface area contributed by atoms with Crippen molar-refractivity contribution in [3.05, 3.63) is 76.0 Å². The van der Waals surface area contributed by atoms with E-state index in [9.17, 15) is 4.79 Å². The highest BCUT2D eigenvalue weighted by atomic mass is 79.9. The first-order valence-electron chi connectivity index (χ1n) is 8.73. The molecule has 6 heteroatoms. The summed E-state index contributed by atoms with van der Waals surface area (Å²) in [7, 11) is 0. The van der Waals surface area contributed by atoms with E-state index >= 15 is 0 Å². The van der Waals surface area contributed by atoms with Crippen molar-refractivity contribution in [2.75, 3.05) is 6.54 Å². The van der Waals surface area contributed by atoms with Crippen LogP contribution in [0.3, 0.4) is 0 Å². The van der Waals surface area contributed by atoms with Gasteiger partial charge in [-0.25, -0.2) is 0 Å². The quantitative estimate of drug-likeness (QED) is 0.479. The predicted octanol–water partition coefficient (Wildman–Crippen LogP) is 4.53. The number of hydrogen-bond donors (Lipinski definition) is 1. The molecule has 3 aromatic rings. The number of nitrogens with one attached hydrogen (secondary N) is 1. The first-order chi connectivity index (χ1) is 13.1. The lowest BCUT2D eigenvalue weighted by molar-refractivity contribution is -0.122. The Hall–Kier alpha value is -2.44. The fourth-order valence-corrected chi connectivity index (χ4v) is 4.02. The number of likely N-dealkylation sites (N-methyl/N-ethyl adjacent to an activating group) is 1. The fourth-order valence-electron chi connectivity index (χ4n) is 3.34. The van der Waals surface area contributed by atoms with E-state index in [0.717, 1.165) is 27.5 Å². The third-order valence-corrected chi connectivity index (χ3v) is 5.46. The molecule has 0 bridgehead atoms. The van der Waals surface area contributed by atoms with Crippen LogP contribution in [0, 0.1) is 0 Å². The summed E-state index contributed by atoms with van der Waals surface area (Å²) < 4.78 is 3.21. The molecule has 0 unspecified atom stereocenters. The number of nitrogens with zero attached hydrogens (tertiary/aromatic N) is 2. The van der Waals surface area contributed by atoms with Gasteiger partial charge in [-0.3, -0.25) is 9.69 Å². The molecular formula is C21H18BrN3OS. The van der Waals surface area contributed by atoms with E-state index in [4.69, 9.17) is 12.2 Å². The monoisotopic (exact) mass is 439 g/mol. The number of benzene rings is 2. The smallest absolute Gasteiger partial charge is 0.276 e. The molecule has 0 aliphatic carbocycles. The lowest BCUT2D eigenvalue weighted by atomic mass is 10.1. The zero-order valence-electron chi connectivity index (χ0n) is 14.8. The van der Waals surface area contributed by atoms with E-state index in [1.165, 1.54) is 5.56 Å². The van der Waals surface area contributed by atoms with Crippen LogP contribution in [-0.4, -0.2) is 27.0 Å². The third-order valence-electron chi connectivity index (χ3n) is 4.65. The number of carbonyl (C=O) groups excluding carboxylic acids is 1. The van der Waals surface area contributed by atoms with Gasteiger partial charge in [0.05, 0.1) is 0 Å². The number of halogens is 1. The van der Waals surface area contributed by atoms with Crippen LogP contribution >= 0.6 is 28.1 Å². The van der Waals surface area contributed by atoms with E-state index in [0.29, 0.717) is 17.4 Å². The Morgan fingerprint density at radius 1 is 1.19 bits per heavy atom. The van der Waals surface area contributed by atoms with Gasteiger partial charge in [0.2, 0.25) is 0 Å². The lowest BCUT2D eigenvalue weighted by Gasteiger charge is -2.08. The standard InChI is InChI=1S/C21H18BrN3OS/c1-2-25-20(26)18(23-21(25)27)10-15-13-24(12-14-6-4-3-5-7-14)19-9-8-16(22)11-17(15)19/h3-11,13H,2,12H2,1H3,(H,23,27)/b18-10-. The summed E-state index contributed by atoms with van der Waals surface area (Å²) in [6.07, 6.45) is 3.98. The molecule has 4 nitrogen and oxygen atoms in total. The van der Waals surface area contributed by atoms with E-state index in [1.54, 1.807) is 4.90 Å². The predicted molar refractivity (Wildman–Crippen MR) is 116 cm³/mol. The molecule has 1 fully saturated rings. The summed E-state index contributed by atoms with van der Waals surface area (Å²) in [6, 6.07) is 16.5. The van der Waals surface area contributed by atoms with E-state index in [2.05, 4.69) is 56.3 Å². The number of hydrogen-bond acceptors (Lipinski definition) is 2. The maximum Gasteiger partial charge on any atom is 0.276 e. The molecule has 1 aromatic heterocycles. The highest BCUT2D eigenvalue weighted by Crippen LogP contribution is 2.28. The molecule has 1 aliphatic rings. The summed E-state index contributed by atoms with van der Waals surface area (Å²) in [4.78, 5) is 14.1. The van der Waals surface area contributed by atoms with Gasteiger partial charge in [0, 0.05) is 40.2 Å². The molecule has 1 aliphatic heterocycles. The average Bonchev–Trinajstić information content (AvgIpc) is 3.12. The molecule has 1 amide bonds. The highest BCUT2D eigenvalue weighted by Gasteiger charge is 2.29. The summed E-state index contributed by atoms with van der Waals surface area (Å²) in [5.41, 5.74) is 3.85. The molecule has 0 spiro atoms. The van der Waals surface area contributed by atoms with Crippen molar-refractivity contribution in [3.8, 4) is 0 Å². The van der Waals surface area contributed by atoms with Crippen molar-refractivity contribution >= 4 is 56.1 Å². The molecule has 1 saturated heterocycles. The van der Waals surface area contributed by atoms with Gasteiger partial charge in [0.25, 0.3) is 5.91 Å². The normalized spacial score (nSPS) is 15.8. The van der Waals surface area contributed by atoms with Crippen LogP contribution in [0.4, 0.5) is 0 Å². The number of carbonyl (C=O) groups is 1. The third kappa shape index (κ3) is 3.42. The van der Waals surface area contributed by atoms with Gasteiger partial charge >= 0.3 is 0 Å². The Labute approximate surface area is 171 Å². The van der Waals surface area contributed by atoms with Crippen molar-refractivity contribution in [2.24, 2.45) is 0 Å². The average molecular weight is 440 g/mol. The molecule has 0 saturated carbocycles. The highest BCUT2D eigenvalue weighted by molar-refractivity contribution is 9.10. The Bertz CT molecular complexity index is 1070. The summed E-state index contributed by atoms with van der Waals surface area (Å²) in [5.74, 6) is -0.0820. The Kier molecular flexibility index (Phi) is 4.85. The second-order valence-electron chi connectivity index (χ2n) is 6.40. The Morgan fingerprint density at radius 3 is 2.67 bits per heavy atom.